The third kappa shape index (κ3) is 5.44. The van der Waals surface area contributed by atoms with E-state index < -0.39 is 0 Å². The van der Waals surface area contributed by atoms with Crippen LogP contribution in [0.2, 0.25) is 0 Å². The van der Waals surface area contributed by atoms with Crippen molar-refractivity contribution in [1.82, 2.24) is 4.98 Å². The number of nitrogens with zero attached hydrogens (tertiary/aromatic N) is 1. The van der Waals surface area contributed by atoms with Crippen LogP contribution in [-0.4, -0.2) is 17.5 Å². The first kappa shape index (κ1) is 18.2. The molecule has 2 aromatic carbocycles. The predicted octanol–water partition coefficient (Wildman–Crippen LogP) is 4.92. The SMILES string of the molecule is CCOc1ccc(Oc2ccccc2NC(=O)/C=C/c2cccnc2)cc1. The molecule has 3 aromatic rings. The summed E-state index contributed by atoms with van der Waals surface area (Å²) in [5.74, 6) is 1.75. The van der Waals surface area contributed by atoms with Crippen LogP contribution < -0.4 is 14.8 Å². The lowest BCUT2D eigenvalue weighted by atomic mass is 10.2. The normalized spacial score (nSPS) is 10.6. The van der Waals surface area contributed by atoms with Gasteiger partial charge in [0.2, 0.25) is 5.91 Å². The molecule has 5 nitrogen and oxygen atoms in total. The highest BCUT2D eigenvalue weighted by atomic mass is 16.5. The van der Waals surface area contributed by atoms with Crippen LogP contribution in [0.5, 0.6) is 17.2 Å². The molecule has 0 fully saturated rings. The third-order valence-corrected chi connectivity index (χ3v) is 3.62. The van der Waals surface area contributed by atoms with E-state index in [1.807, 2.05) is 55.5 Å². The summed E-state index contributed by atoms with van der Waals surface area (Å²) in [6.07, 6.45) is 6.54. The monoisotopic (exact) mass is 360 g/mol. The Morgan fingerprint density at radius 3 is 2.56 bits per heavy atom. The zero-order chi connectivity index (χ0) is 18.9. The standard InChI is InChI=1S/C22H20N2O3/c1-2-26-18-10-12-19(13-11-18)27-21-8-4-3-7-20(21)24-22(25)14-9-17-6-5-15-23-16-17/h3-16H,2H2,1H3,(H,24,25)/b14-9+. The molecule has 0 bridgehead atoms. The van der Waals surface area contributed by atoms with E-state index in [1.165, 1.54) is 6.08 Å². The average Bonchev–Trinajstić information content (AvgIpc) is 2.70. The molecule has 0 aliphatic rings. The van der Waals surface area contributed by atoms with Gasteiger partial charge in [-0.3, -0.25) is 9.78 Å². The van der Waals surface area contributed by atoms with Crippen molar-refractivity contribution in [1.29, 1.82) is 0 Å². The molecular weight excluding hydrogens is 340 g/mol. The van der Waals surface area contributed by atoms with Crippen molar-refractivity contribution in [2.75, 3.05) is 11.9 Å². The van der Waals surface area contributed by atoms with Gasteiger partial charge in [0.05, 0.1) is 12.3 Å². The molecular formula is C22H20N2O3. The number of hydrogen-bond donors (Lipinski definition) is 1. The van der Waals surface area contributed by atoms with Gasteiger partial charge in [0.15, 0.2) is 5.75 Å². The first-order valence-corrected chi connectivity index (χ1v) is 8.63. The molecule has 0 spiro atoms. The van der Waals surface area contributed by atoms with Gasteiger partial charge in [-0.1, -0.05) is 18.2 Å². The number of para-hydroxylation sites is 2. The molecule has 0 unspecified atom stereocenters. The van der Waals surface area contributed by atoms with Gasteiger partial charge in [-0.2, -0.15) is 0 Å². The Balaban J connectivity index is 1.68. The van der Waals surface area contributed by atoms with Crippen LogP contribution in [0.25, 0.3) is 6.08 Å². The predicted molar refractivity (Wildman–Crippen MR) is 106 cm³/mol. The number of rotatable bonds is 7. The molecule has 0 aliphatic heterocycles. The van der Waals surface area contributed by atoms with Crippen LogP contribution in [0.4, 0.5) is 5.69 Å². The zero-order valence-electron chi connectivity index (χ0n) is 15.0. The van der Waals surface area contributed by atoms with Gasteiger partial charge < -0.3 is 14.8 Å². The maximum absolute atomic E-state index is 12.2. The Morgan fingerprint density at radius 2 is 1.81 bits per heavy atom. The second kappa shape index (κ2) is 9.20. The molecule has 0 saturated carbocycles. The zero-order valence-corrected chi connectivity index (χ0v) is 15.0. The number of hydrogen-bond acceptors (Lipinski definition) is 4. The molecule has 27 heavy (non-hydrogen) atoms. The summed E-state index contributed by atoms with van der Waals surface area (Å²) in [5.41, 5.74) is 1.44. The number of carbonyl (C=O) groups excluding carboxylic acids is 1. The molecule has 0 aliphatic carbocycles. The van der Waals surface area contributed by atoms with Gasteiger partial charge in [-0.05, 0) is 61.0 Å². The molecule has 0 saturated heterocycles. The van der Waals surface area contributed by atoms with E-state index in [9.17, 15) is 4.79 Å². The number of pyridine rings is 1. The molecule has 3 rings (SSSR count). The van der Waals surface area contributed by atoms with Crippen LogP contribution in [0.15, 0.2) is 79.1 Å². The quantitative estimate of drug-likeness (QED) is 0.607. The fourth-order valence-electron chi connectivity index (χ4n) is 2.38. The van der Waals surface area contributed by atoms with Gasteiger partial charge in [-0.15, -0.1) is 0 Å². The van der Waals surface area contributed by atoms with Crippen LogP contribution in [0.3, 0.4) is 0 Å². The molecule has 5 heteroatoms. The summed E-state index contributed by atoms with van der Waals surface area (Å²) in [5, 5.41) is 2.84. The van der Waals surface area contributed by atoms with Crippen molar-refractivity contribution in [2.24, 2.45) is 0 Å². The van der Waals surface area contributed by atoms with Crippen molar-refractivity contribution in [2.45, 2.75) is 6.92 Å². The largest absolute Gasteiger partial charge is 0.494 e. The van der Waals surface area contributed by atoms with Crippen LogP contribution in [0, 0.1) is 0 Å². The Hall–Kier alpha value is -3.60. The average molecular weight is 360 g/mol. The number of aromatic nitrogens is 1. The molecule has 1 amide bonds. The fourth-order valence-corrected chi connectivity index (χ4v) is 2.38. The van der Waals surface area contributed by atoms with E-state index in [1.54, 1.807) is 30.6 Å². The van der Waals surface area contributed by atoms with Crippen molar-refractivity contribution >= 4 is 17.7 Å². The molecule has 136 valence electrons. The minimum Gasteiger partial charge on any atom is -0.494 e. The summed E-state index contributed by atoms with van der Waals surface area (Å²) < 4.78 is 11.3. The van der Waals surface area contributed by atoms with Gasteiger partial charge in [0.1, 0.15) is 11.5 Å². The number of ether oxygens (including phenoxy) is 2. The number of nitrogens with one attached hydrogen (secondary N) is 1. The Kier molecular flexibility index (Phi) is 6.20. The molecule has 1 heterocycles. The van der Waals surface area contributed by atoms with Gasteiger partial charge in [0, 0.05) is 18.5 Å². The third-order valence-electron chi connectivity index (χ3n) is 3.62. The topological polar surface area (TPSA) is 60.5 Å². The summed E-state index contributed by atoms with van der Waals surface area (Å²) in [4.78, 5) is 16.2. The van der Waals surface area contributed by atoms with E-state index in [0.717, 1.165) is 11.3 Å². The summed E-state index contributed by atoms with van der Waals surface area (Å²) in [6, 6.07) is 18.3. The van der Waals surface area contributed by atoms with E-state index >= 15 is 0 Å². The lowest BCUT2D eigenvalue weighted by Gasteiger charge is -2.12. The van der Waals surface area contributed by atoms with Crippen molar-refractivity contribution in [3.05, 3.63) is 84.7 Å². The Morgan fingerprint density at radius 1 is 1.04 bits per heavy atom. The van der Waals surface area contributed by atoms with Crippen molar-refractivity contribution in [3.8, 4) is 17.2 Å². The molecule has 0 atom stereocenters. The first-order valence-electron chi connectivity index (χ1n) is 8.63. The number of amides is 1. The first-order chi connectivity index (χ1) is 13.2. The second-order valence-corrected chi connectivity index (χ2v) is 5.61. The number of benzene rings is 2. The van der Waals surface area contributed by atoms with E-state index in [-0.39, 0.29) is 5.91 Å². The summed E-state index contributed by atoms with van der Waals surface area (Å²) in [7, 11) is 0. The van der Waals surface area contributed by atoms with Crippen molar-refractivity contribution in [3.63, 3.8) is 0 Å². The summed E-state index contributed by atoms with van der Waals surface area (Å²) in [6.45, 7) is 2.55. The number of anilines is 1. The maximum Gasteiger partial charge on any atom is 0.248 e. The van der Waals surface area contributed by atoms with E-state index in [0.29, 0.717) is 23.8 Å². The highest BCUT2D eigenvalue weighted by Crippen LogP contribution is 2.30. The number of carbonyl (C=O) groups is 1. The van der Waals surface area contributed by atoms with E-state index in [4.69, 9.17) is 9.47 Å². The highest BCUT2D eigenvalue weighted by Gasteiger charge is 2.07. The Labute approximate surface area is 158 Å². The highest BCUT2D eigenvalue weighted by molar-refractivity contribution is 6.02. The molecule has 0 radical (unpaired) electrons. The van der Waals surface area contributed by atoms with Crippen LogP contribution >= 0.6 is 0 Å². The smallest absolute Gasteiger partial charge is 0.248 e. The van der Waals surface area contributed by atoms with Crippen LogP contribution in [0.1, 0.15) is 12.5 Å². The van der Waals surface area contributed by atoms with E-state index in [2.05, 4.69) is 10.3 Å². The molecule has 1 N–H and O–H groups in total. The van der Waals surface area contributed by atoms with Gasteiger partial charge in [0.25, 0.3) is 0 Å². The van der Waals surface area contributed by atoms with Crippen molar-refractivity contribution < 1.29 is 14.3 Å². The lowest BCUT2D eigenvalue weighted by molar-refractivity contribution is -0.111. The minimum absolute atomic E-state index is 0.249. The Bertz CT molecular complexity index is 906. The summed E-state index contributed by atoms with van der Waals surface area (Å²) >= 11 is 0. The van der Waals surface area contributed by atoms with Gasteiger partial charge >= 0.3 is 0 Å². The minimum atomic E-state index is -0.249. The fraction of sp³-hybridized carbons (Fsp3) is 0.0909. The lowest BCUT2D eigenvalue weighted by Crippen LogP contribution is -2.08. The van der Waals surface area contributed by atoms with Crippen LogP contribution in [-0.2, 0) is 4.79 Å². The maximum atomic E-state index is 12.2. The van der Waals surface area contributed by atoms with Gasteiger partial charge in [-0.25, -0.2) is 0 Å². The second-order valence-electron chi connectivity index (χ2n) is 5.61. The molecule has 1 aromatic heterocycles.